The molecule has 0 aliphatic carbocycles. The van der Waals surface area contributed by atoms with Crippen molar-refractivity contribution >= 4 is 5.91 Å². The molecular weight excluding hydrogens is 238 g/mol. The topological polar surface area (TPSA) is 38.3 Å². The molecule has 3 nitrogen and oxygen atoms in total. The van der Waals surface area contributed by atoms with Crippen LogP contribution < -0.4 is 5.32 Å². The van der Waals surface area contributed by atoms with Crippen molar-refractivity contribution in [1.82, 2.24) is 5.32 Å². The average Bonchev–Trinajstić information content (AvgIpc) is 2.35. The Balaban J connectivity index is 3.11. The first-order chi connectivity index (χ1) is 9.04. The average molecular weight is 269 g/mol. The van der Waals surface area contributed by atoms with Gasteiger partial charge in [-0.25, -0.2) is 0 Å². The van der Waals surface area contributed by atoms with E-state index in [1.165, 1.54) is 32.1 Å². The van der Waals surface area contributed by atoms with Crippen molar-refractivity contribution < 1.29 is 9.53 Å². The van der Waals surface area contributed by atoms with Crippen LogP contribution in [0.5, 0.6) is 0 Å². The molecule has 0 radical (unpaired) electrons. The lowest BCUT2D eigenvalue weighted by atomic mass is 10.1. The van der Waals surface area contributed by atoms with Gasteiger partial charge in [0.2, 0.25) is 5.91 Å². The van der Waals surface area contributed by atoms with Gasteiger partial charge < -0.3 is 10.1 Å². The highest BCUT2D eigenvalue weighted by Gasteiger charge is 1.99. The number of amides is 1. The first-order valence-corrected chi connectivity index (χ1v) is 7.55. The minimum atomic E-state index is -0.0256. The number of carbonyl (C=O) groups is 1. The molecule has 0 saturated heterocycles. The molecule has 0 aliphatic rings. The molecule has 1 amide bonds. The van der Waals surface area contributed by atoms with E-state index in [1.807, 2.05) is 0 Å². The van der Waals surface area contributed by atoms with E-state index in [0.29, 0.717) is 11.5 Å². The largest absolute Gasteiger partial charge is 0.381 e. The van der Waals surface area contributed by atoms with Crippen LogP contribution in [0.1, 0.15) is 59.3 Å². The van der Waals surface area contributed by atoms with E-state index in [0.717, 1.165) is 26.2 Å². The molecule has 0 heterocycles. The molecule has 0 fully saturated rings. The highest BCUT2D eigenvalue weighted by atomic mass is 16.5. The van der Waals surface area contributed by atoms with Crippen LogP contribution in [0.25, 0.3) is 0 Å². The number of hydrogen-bond acceptors (Lipinski definition) is 2. The van der Waals surface area contributed by atoms with Crippen molar-refractivity contribution in [2.24, 2.45) is 5.92 Å². The molecule has 0 aromatic rings. The fraction of sp³-hybridized carbons (Fsp3) is 0.812. The van der Waals surface area contributed by atoms with Crippen LogP contribution in [0.15, 0.2) is 12.2 Å². The molecule has 0 saturated carbocycles. The maximum atomic E-state index is 11.2. The standard InChI is InChI=1S/C16H31NO2/c1-14(2)13-19-12-10-8-6-5-7-9-11-17-16(18)15(3)4/h14H,3,5-13H2,1-2,4H3,(H,17,18). The Kier molecular flexibility index (Phi) is 11.7. The van der Waals surface area contributed by atoms with Crippen molar-refractivity contribution in [1.29, 1.82) is 0 Å². The molecule has 0 spiro atoms. The Morgan fingerprint density at radius 1 is 1.11 bits per heavy atom. The van der Waals surface area contributed by atoms with Gasteiger partial charge in [0, 0.05) is 25.3 Å². The van der Waals surface area contributed by atoms with Crippen molar-refractivity contribution in [3.05, 3.63) is 12.2 Å². The summed E-state index contributed by atoms with van der Waals surface area (Å²) in [6, 6.07) is 0. The van der Waals surface area contributed by atoms with E-state index in [9.17, 15) is 4.79 Å². The summed E-state index contributed by atoms with van der Waals surface area (Å²) in [6.07, 6.45) is 7.16. The second-order valence-electron chi connectivity index (χ2n) is 5.63. The van der Waals surface area contributed by atoms with Crippen LogP contribution in [0.2, 0.25) is 0 Å². The van der Waals surface area contributed by atoms with Gasteiger partial charge in [-0.3, -0.25) is 4.79 Å². The van der Waals surface area contributed by atoms with Gasteiger partial charge in [0.05, 0.1) is 0 Å². The van der Waals surface area contributed by atoms with Gasteiger partial charge >= 0.3 is 0 Å². The maximum absolute atomic E-state index is 11.2. The van der Waals surface area contributed by atoms with E-state index >= 15 is 0 Å². The molecule has 0 aliphatic heterocycles. The lowest BCUT2D eigenvalue weighted by molar-refractivity contribution is -0.117. The Morgan fingerprint density at radius 2 is 1.68 bits per heavy atom. The van der Waals surface area contributed by atoms with Crippen LogP contribution in [-0.4, -0.2) is 25.7 Å². The van der Waals surface area contributed by atoms with Gasteiger partial charge in [0.15, 0.2) is 0 Å². The maximum Gasteiger partial charge on any atom is 0.246 e. The van der Waals surface area contributed by atoms with E-state index in [1.54, 1.807) is 6.92 Å². The van der Waals surface area contributed by atoms with E-state index in [4.69, 9.17) is 4.74 Å². The number of unbranched alkanes of at least 4 members (excludes halogenated alkanes) is 5. The van der Waals surface area contributed by atoms with Gasteiger partial charge in [-0.2, -0.15) is 0 Å². The predicted molar refractivity (Wildman–Crippen MR) is 81.2 cm³/mol. The van der Waals surface area contributed by atoms with Crippen LogP contribution >= 0.6 is 0 Å². The summed E-state index contributed by atoms with van der Waals surface area (Å²) in [5.74, 6) is 0.608. The normalized spacial score (nSPS) is 10.7. The number of nitrogens with one attached hydrogen (secondary N) is 1. The fourth-order valence-electron chi connectivity index (χ4n) is 1.71. The first-order valence-electron chi connectivity index (χ1n) is 7.55. The van der Waals surface area contributed by atoms with Gasteiger partial charge in [0.1, 0.15) is 0 Å². The van der Waals surface area contributed by atoms with Crippen LogP contribution in [0.3, 0.4) is 0 Å². The van der Waals surface area contributed by atoms with Crippen molar-refractivity contribution in [3.8, 4) is 0 Å². The SMILES string of the molecule is C=C(C)C(=O)NCCCCCCCCOCC(C)C. The Morgan fingerprint density at radius 3 is 2.26 bits per heavy atom. The van der Waals surface area contributed by atoms with Crippen molar-refractivity contribution in [3.63, 3.8) is 0 Å². The van der Waals surface area contributed by atoms with Gasteiger partial charge in [-0.1, -0.05) is 46.1 Å². The highest BCUT2D eigenvalue weighted by Crippen LogP contribution is 2.05. The molecule has 0 aromatic carbocycles. The smallest absolute Gasteiger partial charge is 0.246 e. The lowest BCUT2D eigenvalue weighted by Crippen LogP contribution is -2.24. The summed E-state index contributed by atoms with van der Waals surface area (Å²) in [6.45, 7) is 12.2. The summed E-state index contributed by atoms with van der Waals surface area (Å²) >= 11 is 0. The second kappa shape index (κ2) is 12.2. The molecule has 19 heavy (non-hydrogen) atoms. The molecule has 0 bridgehead atoms. The zero-order valence-corrected chi connectivity index (χ0v) is 13.0. The Hall–Kier alpha value is -0.830. The zero-order valence-electron chi connectivity index (χ0n) is 13.0. The molecular formula is C16H31NO2. The first kappa shape index (κ1) is 18.2. The second-order valence-corrected chi connectivity index (χ2v) is 5.63. The summed E-state index contributed by atoms with van der Waals surface area (Å²) in [7, 11) is 0. The summed E-state index contributed by atoms with van der Waals surface area (Å²) in [4.78, 5) is 11.2. The summed E-state index contributed by atoms with van der Waals surface area (Å²) in [5.41, 5.74) is 0.585. The third-order valence-electron chi connectivity index (χ3n) is 2.84. The van der Waals surface area contributed by atoms with E-state index < -0.39 is 0 Å². The molecule has 0 atom stereocenters. The minimum absolute atomic E-state index is 0.0256. The van der Waals surface area contributed by atoms with E-state index in [2.05, 4.69) is 25.7 Å². The predicted octanol–water partition coefficient (Wildman–Crippen LogP) is 3.69. The van der Waals surface area contributed by atoms with Crippen LogP contribution in [0, 0.1) is 5.92 Å². The monoisotopic (exact) mass is 269 g/mol. The fourth-order valence-corrected chi connectivity index (χ4v) is 1.71. The van der Waals surface area contributed by atoms with Crippen LogP contribution in [-0.2, 0) is 9.53 Å². The summed E-state index contributed by atoms with van der Waals surface area (Å²) < 4.78 is 5.53. The molecule has 0 rings (SSSR count). The number of hydrogen-bond donors (Lipinski definition) is 1. The molecule has 112 valence electrons. The number of carbonyl (C=O) groups excluding carboxylic acids is 1. The quantitative estimate of drug-likeness (QED) is 0.433. The molecule has 0 unspecified atom stereocenters. The number of ether oxygens (including phenoxy) is 1. The van der Waals surface area contributed by atoms with Crippen LogP contribution in [0.4, 0.5) is 0 Å². The third-order valence-corrected chi connectivity index (χ3v) is 2.84. The molecule has 1 N–H and O–H groups in total. The van der Waals surface area contributed by atoms with E-state index in [-0.39, 0.29) is 5.91 Å². The van der Waals surface area contributed by atoms with Gasteiger partial charge in [-0.15, -0.1) is 0 Å². The Bertz CT molecular complexity index is 249. The zero-order chi connectivity index (χ0) is 14.5. The minimum Gasteiger partial charge on any atom is -0.381 e. The Labute approximate surface area is 118 Å². The number of rotatable bonds is 12. The van der Waals surface area contributed by atoms with Crippen molar-refractivity contribution in [2.75, 3.05) is 19.8 Å². The molecule has 0 aromatic heterocycles. The van der Waals surface area contributed by atoms with Gasteiger partial charge in [-0.05, 0) is 25.7 Å². The summed E-state index contributed by atoms with van der Waals surface area (Å²) in [5, 5.41) is 2.85. The third kappa shape index (κ3) is 13.4. The van der Waals surface area contributed by atoms with Gasteiger partial charge in [0.25, 0.3) is 0 Å². The highest BCUT2D eigenvalue weighted by molar-refractivity contribution is 5.91. The lowest BCUT2D eigenvalue weighted by Gasteiger charge is -2.07. The van der Waals surface area contributed by atoms with Crippen molar-refractivity contribution in [2.45, 2.75) is 59.3 Å². The molecule has 3 heteroatoms.